The van der Waals surface area contributed by atoms with Gasteiger partial charge in [0.05, 0.1) is 0 Å². The second kappa shape index (κ2) is 7.07. The van der Waals surface area contributed by atoms with Crippen LogP contribution in [0.5, 0.6) is 0 Å². The minimum atomic E-state index is -0.0564. The number of benzene rings is 1. The first kappa shape index (κ1) is 15.3. The Labute approximate surface area is 125 Å². The molecule has 112 valence electrons. The quantitative estimate of drug-likeness (QED) is 0.886. The van der Waals surface area contributed by atoms with Crippen molar-refractivity contribution in [3.63, 3.8) is 0 Å². The molecule has 0 radical (unpaired) electrons. The molecule has 2 aromatic rings. The highest BCUT2D eigenvalue weighted by Crippen LogP contribution is 2.08. The molecule has 2 rings (SSSR count). The average molecular weight is 285 g/mol. The third kappa shape index (κ3) is 4.18. The smallest absolute Gasteiger partial charge is 0.293 e. The summed E-state index contributed by atoms with van der Waals surface area (Å²) in [7, 11) is 0. The molecule has 1 heterocycles. The molecule has 1 aromatic heterocycles. The van der Waals surface area contributed by atoms with Gasteiger partial charge < -0.3 is 9.88 Å². The highest BCUT2D eigenvalue weighted by Gasteiger charge is 2.10. The van der Waals surface area contributed by atoms with Crippen LogP contribution in [0.25, 0.3) is 0 Å². The van der Waals surface area contributed by atoms with Crippen molar-refractivity contribution >= 4 is 5.82 Å². The van der Waals surface area contributed by atoms with Crippen molar-refractivity contribution in [2.24, 2.45) is 0 Å². The number of aromatic nitrogens is 2. The van der Waals surface area contributed by atoms with E-state index in [0.717, 1.165) is 12.8 Å². The molecule has 0 aliphatic heterocycles. The first-order chi connectivity index (χ1) is 10.1. The van der Waals surface area contributed by atoms with Gasteiger partial charge in [-0.15, -0.1) is 0 Å². The first-order valence-corrected chi connectivity index (χ1v) is 7.45. The van der Waals surface area contributed by atoms with Crippen LogP contribution in [-0.4, -0.2) is 15.6 Å². The number of hydrogen-bond acceptors (Lipinski definition) is 3. The van der Waals surface area contributed by atoms with Gasteiger partial charge in [0.15, 0.2) is 5.82 Å². The van der Waals surface area contributed by atoms with E-state index >= 15 is 0 Å². The summed E-state index contributed by atoms with van der Waals surface area (Å²) in [5, 5.41) is 3.23. The minimum Gasteiger partial charge on any atom is -0.363 e. The molecule has 0 bridgehead atoms. The van der Waals surface area contributed by atoms with Crippen LogP contribution in [0.2, 0.25) is 0 Å². The maximum Gasteiger partial charge on any atom is 0.293 e. The summed E-state index contributed by atoms with van der Waals surface area (Å²) in [5.41, 5.74) is 1.26. The fourth-order valence-electron chi connectivity index (χ4n) is 2.26. The normalized spacial score (nSPS) is 12.4. The van der Waals surface area contributed by atoms with E-state index in [0.29, 0.717) is 5.82 Å². The largest absolute Gasteiger partial charge is 0.363 e. The molecule has 0 aliphatic rings. The second-order valence-electron chi connectivity index (χ2n) is 5.65. The molecule has 4 nitrogen and oxygen atoms in total. The van der Waals surface area contributed by atoms with Crippen LogP contribution in [0, 0.1) is 0 Å². The SMILES string of the molecule is CC(CCc1ccccc1)Nc1nccn(C(C)C)c1=O. The third-order valence-electron chi connectivity index (χ3n) is 3.52. The summed E-state index contributed by atoms with van der Waals surface area (Å²) in [6.45, 7) is 6.06. The van der Waals surface area contributed by atoms with Crippen molar-refractivity contribution in [2.45, 2.75) is 45.7 Å². The summed E-state index contributed by atoms with van der Waals surface area (Å²) < 4.78 is 1.69. The second-order valence-corrected chi connectivity index (χ2v) is 5.65. The highest BCUT2D eigenvalue weighted by molar-refractivity contribution is 5.32. The maximum atomic E-state index is 12.3. The lowest BCUT2D eigenvalue weighted by atomic mass is 10.1. The van der Waals surface area contributed by atoms with Gasteiger partial charge in [0.25, 0.3) is 5.56 Å². The van der Waals surface area contributed by atoms with Crippen LogP contribution < -0.4 is 10.9 Å². The van der Waals surface area contributed by atoms with Crippen LogP contribution in [0.3, 0.4) is 0 Å². The van der Waals surface area contributed by atoms with Crippen molar-refractivity contribution in [3.05, 3.63) is 58.6 Å². The standard InChI is InChI=1S/C17H23N3O/c1-13(2)20-12-11-18-16(17(20)21)19-14(3)9-10-15-7-5-4-6-8-15/h4-8,11-14H,9-10H2,1-3H3,(H,18,19). The van der Waals surface area contributed by atoms with Crippen molar-refractivity contribution in [2.75, 3.05) is 5.32 Å². The molecule has 0 saturated carbocycles. The Hall–Kier alpha value is -2.10. The average Bonchev–Trinajstić information content (AvgIpc) is 2.48. The van der Waals surface area contributed by atoms with Crippen LogP contribution in [-0.2, 0) is 6.42 Å². The number of nitrogens with zero attached hydrogens (tertiary/aromatic N) is 2. The van der Waals surface area contributed by atoms with Crippen LogP contribution in [0.4, 0.5) is 5.82 Å². The minimum absolute atomic E-state index is 0.0564. The Morgan fingerprint density at radius 1 is 1.19 bits per heavy atom. The molecule has 21 heavy (non-hydrogen) atoms. The van der Waals surface area contributed by atoms with E-state index < -0.39 is 0 Å². The summed E-state index contributed by atoms with van der Waals surface area (Å²) in [6, 6.07) is 10.7. The van der Waals surface area contributed by atoms with Crippen molar-refractivity contribution in [1.82, 2.24) is 9.55 Å². The predicted molar refractivity (Wildman–Crippen MR) is 86.7 cm³/mol. The fraction of sp³-hybridized carbons (Fsp3) is 0.412. The van der Waals surface area contributed by atoms with E-state index in [1.165, 1.54) is 5.56 Å². The number of rotatable bonds is 6. The third-order valence-corrected chi connectivity index (χ3v) is 3.52. The van der Waals surface area contributed by atoms with E-state index in [1.54, 1.807) is 17.0 Å². The van der Waals surface area contributed by atoms with Crippen LogP contribution >= 0.6 is 0 Å². The van der Waals surface area contributed by atoms with Crippen LogP contribution in [0.1, 0.15) is 38.8 Å². The molecule has 1 atom stereocenters. The topological polar surface area (TPSA) is 46.9 Å². The molecule has 1 aromatic carbocycles. The number of hydrogen-bond donors (Lipinski definition) is 1. The molecular formula is C17H23N3O. The zero-order valence-electron chi connectivity index (χ0n) is 12.9. The number of anilines is 1. The van der Waals surface area contributed by atoms with Gasteiger partial charge in [-0.3, -0.25) is 4.79 Å². The Morgan fingerprint density at radius 2 is 1.90 bits per heavy atom. The predicted octanol–water partition coefficient (Wildman–Crippen LogP) is 3.26. The summed E-state index contributed by atoms with van der Waals surface area (Å²) in [4.78, 5) is 16.4. The van der Waals surface area contributed by atoms with Gasteiger partial charge in [-0.2, -0.15) is 0 Å². The molecule has 1 unspecified atom stereocenters. The van der Waals surface area contributed by atoms with Gasteiger partial charge in [0.1, 0.15) is 0 Å². The van der Waals surface area contributed by atoms with Gasteiger partial charge in [0.2, 0.25) is 0 Å². The Morgan fingerprint density at radius 3 is 2.57 bits per heavy atom. The van der Waals surface area contributed by atoms with E-state index in [-0.39, 0.29) is 17.6 Å². The summed E-state index contributed by atoms with van der Waals surface area (Å²) >= 11 is 0. The lowest BCUT2D eigenvalue weighted by molar-refractivity contribution is 0.573. The Bertz CT molecular complexity index is 619. The zero-order valence-corrected chi connectivity index (χ0v) is 12.9. The Kier molecular flexibility index (Phi) is 5.14. The summed E-state index contributed by atoms with van der Waals surface area (Å²) in [6.07, 6.45) is 5.35. The molecule has 4 heteroatoms. The number of nitrogens with one attached hydrogen (secondary N) is 1. The van der Waals surface area contributed by atoms with E-state index in [4.69, 9.17) is 0 Å². The monoisotopic (exact) mass is 285 g/mol. The fourth-order valence-corrected chi connectivity index (χ4v) is 2.26. The molecule has 0 amide bonds. The molecule has 0 spiro atoms. The molecule has 1 N–H and O–H groups in total. The Balaban J connectivity index is 1.98. The molecule has 0 aliphatic carbocycles. The molecular weight excluding hydrogens is 262 g/mol. The van der Waals surface area contributed by atoms with E-state index in [2.05, 4.69) is 29.4 Å². The van der Waals surface area contributed by atoms with Gasteiger partial charge >= 0.3 is 0 Å². The van der Waals surface area contributed by atoms with Gasteiger partial charge in [-0.05, 0) is 39.2 Å². The van der Waals surface area contributed by atoms with Gasteiger partial charge in [-0.25, -0.2) is 4.98 Å². The van der Waals surface area contributed by atoms with Crippen molar-refractivity contribution < 1.29 is 0 Å². The zero-order chi connectivity index (χ0) is 15.2. The van der Waals surface area contributed by atoms with Crippen molar-refractivity contribution in [1.29, 1.82) is 0 Å². The molecule has 0 fully saturated rings. The number of aryl methyl sites for hydroxylation is 1. The van der Waals surface area contributed by atoms with E-state index in [1.807, 2.05) is 32.0 Å². The summed E-state index contributed by atoms with van der Waals surface area (Å²) in [5.74, 6) is 0.437. The van der Waals surface area contributed by atoms with Crippen molar-refractivity contribution in [3.8, 4) is 0 Å². The highest BCUT2D eigenvalue weighted by atomic mass is 16.1. The lowest BCUT2D eigenvalue weighted by Crippen LogP contribution is -2.29. The van der Waals surface area contributed by atoms with E-state index in [9.17, 15) is 4.79 Å². The van der Waals surface area contributed by atoms with Gasteiger partial charge in [0, 0.05) is 24.5 Å². The van der Waals surface area contributed by atoms with Gasteiger partial charge in [-0.1, -0.05) is 30.3 Å². The molecule has 0 saturated heterocycles. The first-order valence-electron chi connectivity index (χ1n) is 7.45. The lowest BCUT2D eigenvalue weighted by Gasteiger charge is -2.16. The van der Waals surface area contributed by atoms with Crippen LogP contribution in [0.15, 0.2) is 47.5 Å². The maximum absolute atomic E-state index is 12.3.